The standard InChI is InChI=1S/C16H31IO2/c1-18-16(19-2)14-12-10-8-6-4-3-5-7-9-11-13-15-17/h9,11,16H,3-8,10,12-15H2,1-2H3/b11-9-. The first-order valence-corrected chi connectivity index (χ1v) is 9.14. The van der Waals surface area contributed by atoms with Crippen LogP contribution in [0.4, 0.5) is 0 Å². The zero-order valence-electron chi connectivity index (χ0n) is 12.7. The maximum absolute atomic E-state index is 5.17. The summed E-state index contributed by atoms with van der Waals surface area (Å²) >= 11 is 2.42. The summed E-state index contributed by atoms with van der Waals surface area (Å²) in [5.74, 6) is 0. The summed E-state index contributed by atoms with van der Waals surface area (Å²) in [4.78, 5) is 0. The van der Waals surface area contributed by atoms with E-state index in [0.717, 1.165) is 6.42 Å². The van der Waals surface area contributed by atoms with E-state index in [2.05, 4.69) is 34.7 Å². The maximum Gasteiger partial charge on any atom is 0.156 e. The van der Waals surface area contributed by atoms with Crippen LogP contribution >= 0.6 is 22.6 Å². The summed E-state index contributed by atoms with van der Waals surface area (Å²) in [5, 5.41) is 0. The van der Waals surface area contributed by atoms with Crippen LogP contribution in [0.3, 0.4) is 0 Å². The molecule has 19 heavy (non-hydrogen) atoms. The van der Waals surface area contributed by atoms with E-state index < -0.39 is 0 Å². The first-order valence-electron chi connectivity index (χ1n) is 7.61. The van der Waals surface area contributed by atoms with Gasteiger partial charge >= 0.3 is 0 Å². The van der Waals surface area contributed by atoms with Gasteiger partial charge in [0.05, 0.1) is 0 Å². The van der Waals surface area contributed by atoms with Gasteiger partial charge in [0.1, 0.15) is 0 Å². The summed E-state index contributed by atoms with van der Waals surface area (Å²) in [5.41, 5.74) is 0. The molecule has 0 heterocycles. The topological polar surface area (TPSA) is 18.5 Å². The molecular weight excluding hydrogens is 351 g/mol. The molecule has 2 nitrogen and oxygen atoms in total. The van der Waals surface area contributed by atoms with Crippen LogP contribution in [-0.2, 0) is 9.47 Å². The van der Waals surface area contributed by atoms with Gasteiger partial charge in [-0.2, -0.15) is 0 Å². The molecule has 0 aliphatic rings. The molecule has 0 aromatic carbocycles. The fourth-order valence-electron chi connectivity index (χ4n) is 2.09. The lowest BCUT2D eigenvalue weighted by Gasteiger charge is -2.12. The van der Waals surface area contributed by atoms with Crippen molar-refractivity contribution >= 4 is 22.6 Å². The molecule has 0 aliphatic carbocycles. The summed E-state index contributed by atoms with van der Waals surface area (Å²) in [6.07, 6.45) is 17.5. The average molecular weight is 382 g/mol. The molecule has 0 unspecified atom stereocenters. The molecule has 0 aromatic heterocycles. The van der Waals surface area contributed by atoms with E-state index in [9.17, 15) is 0 Å². The molecule has 114 valence electrons. The van der Waals surface area contributed by atoms with Crippen molar-refractivity contribution in [2.45, 2.75) is 70.5 Å². The minimum atomic E-state index is -0.00525. The normalized spacial score (nSPS) is 11.8. The van der Waals surface area contributed by atoms with Crippen molar-refractivity contribution in [3.8, 4) is 0 Å². The van der Waals surface area contributed by atoms with Crippen molar-refractivity contribution in [1.82, 2.24) is 0 Å². The lowest BCUT2D eigenvalue weighted by molar-refractivity contribution is -0.107. The second kappa shape index (κ2) is 16.4. The predicted octanol–water partition coefficient (Wildman–Crippen LogP) is 5.50. The number of alkyl halides is 1. The molecule has 0 N–H and O–H groups in total. The van der Waals surface area contributed by atoms with Crippen LogP contribution in [-0.4, -0.2) is 24.9 Å². The smallest absolute Gasteiger partial charge is 0.156 e. The summed E-state index contributed by atoms with van der Waals surface area (Å²) in [6.45, 7) is 0. The van der Waals surface area contributed by atoms with Crippen molar-refractivity contribution < 1.29 is 9.47 Å². The number of rotatable bonds is 14. The predicted molar refractivity (Wildman–Crippen MR) is 92.0 cm³/mol. The zero-order valence-corrected chi connectivity index (χ0v) is 14.9. The summed E-state index contributed by atoms with van der Waals surface area (Å²) in [6, 6.07) is 0. The van der Waals surface area contributed by atoms with Crippen molar-refractivity contribution in [1.29, 1.82) is 0 Å². The number of methoxy groups -OCH3 is 2. The van der Waals surface area contributed by atoms with Crippen LogP contribution in [0.15, 0.2) is 12.2 Å². The highest BCUT2D eigenvalue weighted by Crippen LogP contribution is 2.12. The van der Waals surface area contributed by atoms with Gasteiger partial charge in [0.15, 0.2) is 6.29 Å². The lowest BCUT2D eigenvalue weighted by Crippen LogP contribution is -2.12. The second-order valence-electron chi connectivity index (χ2n) is 4.90. The van der Waals surface area contributed by atoms with Crippen molar-refractivity contribution in [2.24, 2.45) is 0 Å². The minimum Gasteiger partial charge on any atom is -0.356 e. The van der Waals surface area contributed by atoms with E-state index in [-0.39, 0.29) is 6.29 Å². The third-order valence-corrected chi connectivity index (χ3v) is 3.90. The molecule has 3 heteroatoms. The molecule has 0 saturated carbocycles. The van der Waals surface area contributed by atoms with Crippen LogP contribution in [0, 0.1) is 0 Å². The highest BCUT2D eigenvalue weighted by Gasteiger charge is 2.03. The van der Waals surface area contributed by atoms with E-state index in [1.807, 2.05) is 0 Å². The second-order valence-corrected chi connectivity index (χ2v) is 5.98. The van der Waals surface area contributed by atoms with Crippen molar-refractivity contribution in [2.75, 3.05) is 18.6 Å². The third kappa shape index (κ3) is 14.6. The summed E-state index contributed by atoms with van der Waals surface area (Å²) < 4.78 is 11.6. The molecule has 0 saturated heterocycles. The quantitative estimate of drug-likeness (QED) is 0.130. The number of hydrogen-bond acceptors (Lipinski definition) is 2. The molecule has 0 aromatic rings. The van der Waals surface area contributed by atoms with Crippen LogP contribution in [0.1, 0.15) is 64.2 Å². The zero-order chi connectivity index (χ0) is 14.2. The van der Waals surface area contributed by atoms with Crippen molar-refractivity contribution in [3.05, 3.63) is 12.2 Å². The van der Waals surface area contributed by atoms with Gasteiger partial charge in [-0.15, -0.1) is 0 Å². The highest BCUT2D eigenvalue weighted by atomic mass is 127. The number of ether oxygens (including phenoxy) is 2. The first kappa shape index (κ1) is 19.4. The monoisotopic (exact) mass is 382 g/mol. The van der Waals surface area contributed by atoms with Gasteiger partial charge in [0, 0.05) is 18.6 Å². The molecule has 0 aliphatic heterocycles. The molecule has 0 amide bonds. The Bertz CT molecular complexity index is 191. The fourth-order valence-corrected chi connectivity index (χ4v) is 2.45. The van der Waals surface area contributed by atoms with Gasteiger partial charge < -0.3 is 9.47 Å². The van der Waals surface area contributed by atoms with Gasteiger partial charge in [-0.25, -0.2) is 0 Å². The maximum atomic E-state index is 5.17. The van der Waals surface area contributed by atoms with E-state index in [0.29, 0.717) is 0 Å². The largest absolute Gasteiger partial charge is 0.356 e. The minimum absolute atomic E-state index is 0.00525. The lowest BCUT2D eigenvalue weighted by atomic mass is 10.1. The van der Waals surface area contributed by atoms with Gasteiger partial charge in [-0.05, 0) is 32.1 Å². The van der Waals surface area contributed by atoms with Gasteiger partial charge in [-0.3, -0.25) is 0 Å². The van der Waals surface area contributed by atoms with Gasteiger partial charge in [0.25, 0.3) is 0 Å². The molecule has 0 spiro atoms. The van der Waals surface area contributed by atoms with E-state index in [1.54, 1.807) is 14.2 Å². The molecule has 0 rings (SSSR count). The number of unbranched alkanes of at least 4 members (excludes halogenated alkanes) is 7. The Morgan fingerprint density at radius 1 is 0.789 bits per heavy atom. The Kier molecular flexibility index (Phi) is 16.8. The van der Waals surface area contributed by atoms with E-state index in [4.69, 9.17) is 9.47 Å². The van der Waals surface area contributed by atoms with Gasteiger partial charge in [-0.1, -0.05) is 66.8 Å². The van der Waals surface area contributed by atoms with Crippen LogP contribution in [0.25, 0.3) is 0 Å². The Morgan fingerprint density at radius 3 is 1.89 bits per heavy atom. The number of allylic oxidation sites excluding steroid dienone is 2. The molecule has 0 bridgehead atoms. The Balaban J connectivity index is 3.10. The molecule has 0 radical (unpaired) electrons. The Morgan fingerprint density at radius 2 is 1.32 bits per heavy atom. The third-order valence-electron chi connectivity index (χ3n) is 3.28. The summed E-state index contributed by atoms with van der Waals surface area (Å²) in [7, 11) is 3.42. The van der Waals surface area contributed by atoms with Gasteiger partial charge in [0.2, 0.25) is 0 Å². The molecule has 0 fully saturated rings. The number of hydrogen-bond donors (Lipinski definition) is 0. The van der Waals surface area contributed by atoms with Crippen molar-refractivity contribution in [3.63, 3.8) is 0 Å². The fraction of sp³-hybridized carbons (Fsp3) is 0.875. The van der Waals surface area contributed by atoms with Crippen LogP contribution in [0.2, 0.25) is 0 Å². The Labute approximate surface area is 133 Å². The van der Waals surface area contributed by atoms with Crippen LogP contribution < -0.4 is 0 Å². The Hall–Kier alpha value is 0.390. The van der Waals surface area contributed by atoms with E-state index in [1.165, 1.54) is 62.2 Å². The van der Waals surface area contributed by atoms with E-state index >= 15 is 0 Å². The molecular formula is C16H31IO2. The average Bonchev–Trinajstić information content (AvgIpc) is 2.44. The molecule has 0 atom stereocenters. The highest BCUT2D eigenvalue weighted by molar-refractivity contribution is 14.1. The van der Waals surface area contributed by atoms with Crippen LogP contribution in [0.5, 0.6) is 0 Å². The first-order chi connectivity index (χ1) is 9.35. The SMILES string of the molecule is COC(CCCCCCCCC/C=C\CCI)OC. The number of halogens is 1.